The average Bonchev–Trinajstić information content (AvgIpc) is 2.78. The molecule has 0 aliphatic rings. The van der Waals surface area contributed by atoms with Crippen LogP contribution in [0.2, 0.25) is 0 Å². The van der Waals surface area contributed by atoms with Crippen molar-refractivity contribution in [3.63, 3.8) is 0 Å². The lowest BCUT2D eigenvalue weighted by Crippen LogP contribution is -1.86. The van der Waals surface area contributed by atoms with Gasteiger partial charge in [-0.3, -0.25) is 4.79 Å². The molecule has 0 N–H and O–H groups in total. The monoisotopic (exact) mass is 232 g/mol. The third kappa shape index (κ3) is 2.14. The van der Waals surface area contributed by atoms with Crippen molar-refractivity contribution >= 4 is 17.1 Å². The van der Waals surface area contributed by atoms with E-state index in [1.807, 2.05) is 35.7 Å². The van der Waals surface area contributed by atoms with E-state index in [2.05, 4.69) is 0 Å². The Hall–Kier alpha value is -1.61. The van der Waals surface area contributed by atoms with Gasteiger partial charge in [0, 0.05) is 15.8 Å². The number of thiophene rings is 1. The van der Waals surface area contributed by atoms with Crippen molar-refractivity contribution in [1.82, 2.24) is 0 Å². The van der Waals surface area contributed by atoms with E-state index < -0.39 is 0 Å². The molecular formula is C13H12O2S. The highest BCUT2D eigenvalue weighted by Gasteiger charge is 2.05. The molecule has 82 valence electrons. The van der Waals surface area contributed by atoms with E-state index in [0.717, 1.165) is 21.8 Å². The van der Waals surface area contributed by atoms with Gasteiger partial charge in [0.2, 0.25) is 0 Å². The Morgan fingerprint density at radius 1 is 1.25 bits per heavy atom. The van der Waals surface area contributed by atoms with Crippen LogP contribution in [0.25, 0.3) is 10.4 Å². The second-order valence-electron chi connectivity index (χ2n) is 3.48. The van der Waals surface area contributed by atoms with Gasteiger partial charge in [0.05, 0.1) is 7.11 Å². The van der Waals surface area contributed by atoms with Crippen molar-refractivity contribution in [2.24, 2.45) is 0 Å². The quantitative estimate of drug-likeness (QED) is 0.755. The smallest absolute Gasteiger partial charge is 0.160 e. The summed E-state index contributed by atoms with van der Waals surface area (Å²) in [5, 5.41) is 1.89. The van der Waals surface area contributed by atoms with E-state index in [9.17, 15) is 4.79 Å². The van der Waals surface area contributed by atoms with Crippen LogP contribution >= 0.6 is 11.3 Å². The third-order valence-corrected chi connectivity index (χ3v) is 3.36. The molecule has 2 aromatic rings. The number of hydrogen-bond donors (Lipinski definition) is 0. The summed E-state index contributed by atoms with van der Waals surface area (Å²) in [6, 6.07) is 9.75. The summed E-state index contributed by atoms with van der Waals surface area (Å²) in [5.74, 6) is 0.947. The summed E-state index contributed by atoms with van der Waals surface area (Å²) >= 11 is 1.58. The van der Waals surface area contributed by atoms with Crippen LogP contribution in [-0.4, -0.2) is 12.9 Å². The minimum absolute atomic E-state index is 0.107. The molecule has 0 bridgehead atoms. The molecule has 1 aromatic heterocycles. The first kappa shape index (κ1) is 10.9. The molecule has 0 atom stereocenters. The van der Waals surface area contributed by atoms with Gasteiger partial charge in [-0.25, -0.2) is 0 Å². The SMILES string of the molecule is COc1ccc(-c2cc(C(C)=O)cs2)cc1. The van der Waals surface area contributed by atoms with Crippen LogP contribution < -0.4 is 4.74 Å². The molecule has 2 rings (SSSR count). The fourth-order valence-electron chi connectivity index (χ4n) is 1.43. The van der Waals surface area contributed by atoms with Crippen LogP contribution in [0, 0.1) is 0 Å². The molecule has 0 aliphatic heterocycles. The lowest BCUT2D eigenvalue weighted by atomic mass is 10.1. The van der Waals surface area contributed by atoms with Gasteiger partial charge in [-0.1, -0.05) is 0 Å². The maximum absolute atomic E-state index is 11.2. The zero-order chi connectivity index (χ0) is 11.5. The van der Waals surface area contributed by atoms with Crippen molar-refractivity contribution in [2.75, 3.05) is 7.11 Å². The van der Waals surface area contributed by atoms with Gasteiger partial charge in [-0.15, -0.1) is 11.3 Å². The number of rotatable bonds is 3. The van der Waals surface area contributed by atoms with Crippen LogP contribution in [0.4, 0.5) is 0 Å². The van der Waals surface area contributed by atoms with Crippen LogP contribution in [0.15, 0.2) is 35.7 Å². The lowest BCUT2D eigenvalue weighted by Gasteiger charge is -2.00. The van der Waals surface area contributed by atoms with Crippen molar-refractivity contribution in [3.8, 4) is 16.2 Å². The number of carbonyl (C=O) groups excluding carboxylic acids is 1. The van der Waals surface area contributed by atoms with E-state index >= 15 is 0 Å². The van der Waals surface area contributed by atoms with Crippen molar-refractivity contribution in [3.05, 3.63) is 41.3 Å². The van der Waals surface area contributed by atoms with Gasteiger partial charge >= 0.3 is 0 Å². The highest BCUT2D eigenvalue weighted by Crippen LogP contribution is 2.28. The Morgan fingerprint density at radius 3 is 2.44 bits per heavy atom. The zero-order valence-corrected chi connectivity index (χ0v) is 10.0. The van der Waals surface area contributed by atoms with E-state index in [1.54, 1.807) is 25.4 Å². The number of Topliss-reactive ketones (excluding diaryl/α,β-unsaturated/α-hetero) is 1. The first-order valence-electron chi connectivity index (χ1n) is 4.94. The molecule has 0 saturated carbocycles. The molecule has 0 saturated heterocycles. The molecule has 0 amide bonds. The topological polar surface area (TPSA) is 26.3 Å². The maximum atomic E-state index is 11.2. The molecule has 2 nitrogen and oxygen atoms in total. The summed E-state index contributed by atoms with van der Waals surface area (Å²) in [6.07, 6.45) is 0. The molecule has 3 heteroatoms. The summed E-state index contributed by atoms with van der Waals surface area (Å²) in [7, 11) is 1.65. The Balaban J connectivity index is 2.31. The largest absolute Gasteiger partial charge is 0.497 e. The summed E-state index contributed by atoms with van der Waals surface area (Å²) in [4.78, 5) is 12.3. The summed E-state index contributed by atoms with van der Waals surface area (Å²) in [6.45, 7) is 1.58. The van der Waals surface area contributed by atoms with E-state index in [0.29, 0.717) is 0 Å². The van der Waals surface area contributed by atoms with Crippen molar-refractivity contribution in [1.29, 1.82) is 0 Å². The van der Waals surface area contributed by atoms with Gasteiger partial charge in [0.25, 0.3) is 0 Å². The van der Waals surface area contributed by atoms with Crippen molar-refractivity contribution in [2.45, 2.75) is 6.92 Å². The second kappa shape index (κ2) is 4.49. The zero-order valence-electron chi connectivity index (χ0n) is 9.19. The average molecular weight is 232 g/mol. The van der Waals surface area contributed by atoms with E-state index in [1.165, 1.54) is 0 Å². The fraction of sp³-hybridized carbons (Fsp3) is 0.154. The molecule has 0 unspecified atom stereocenters. The Morgan fingerprint density at radius 2 is 1.94 bits per heavy atom. The normalized spacial score (nSPS) is 10.1. The Kier molecular flexibility index (Phi) is 3.06. The number of hydrogen-bond acceptors (Lipinski definition) is 3. The molecule has 0 fully saturated rings. The fourth-order valence-corrected chi connectivity index (χ4v) is 2.38. The molecule has 1 aromatic carbocycles. The maximum Gasteiger partial charge on any atom is 0.160 e. The van der Waals surface area contributed by atoms with Gasteiger partial charge < -0.3 is 4.74 Å². The number of methoxy groups -OCH3 is 1. The predicted octanol–water partition coefficient (Wildman–Crippen LogP) is 3.63. The van der Waals surface area contributed by atoms with E-state index in [4.69, 9.17) is 4.74 Å². The number of carbonyl (C=O) groups is 1. The molecule has 1 heterocycles. The Labute approximate surface area is 98.5 Å². The van der Waals surface area contributed by atoms with Crippen LogP contribution in [0.5, 0.6) is 5.75 Å². The first-order chi connectivity index (χ1) is 7.70. The van der Waals surface area contributed by atoms with Gasteiger partial charge in [-0.2, -0.15) is 0 Å². The highest BCUT2D eigenvalue weighted by atomic mass is 32.1. The number of ketones is 1. The van der Waals surface area contributed by atoms with Gasteiger partial charge in [0.1, 0.15) is 5.75 Å². The first-order valence-corrected chi connectivity index (χ1v) is 5.82. The molecule has 0 aliphatic carbocycles. The van der Waals surface area contributed by atoms with Crippen LogP contribution in [-0.2, 0) is 0 Å². The minimum atomic E-state index is 0.107. The lowest BCUT2D eigenvalue weighted by molar-refractivity contribution is 0.101. The third-order valence-electron chi connectivity index (χ3n) is 2.38. The van der Waals surface area contributed by atoms with Crippen molar-refractivity contribution < 1.29 is 9.53 Å². The van der Waals surface area contributed by atoms with Gasteiger partial charge in [0.15, 0.2) is 5.78 Å². The molecule has 0 radical (unpaired) electrons. The minimum Gasteiger partial charge on any atom is -0.497 e. The second-order valence-corrected chi connectivity index (χ2v) is 4.40. The predicted molar refractivity (Wildman–Crippen MR) is 66.3 cm³/mol. The summed E-state index contributed by atoms with van der Waals surface area (Å²) in [5.41, 5.74) is 1.88. The molecular weight excluding hydrogens is 220 g/mol. The number of benzene rings is 1. The highest BCUT2D eigenvalue weighted by molar-refractivity contribution is 7.13. The number of ether oxygens (including phenoxy) is 1. The summed E-state index contributed by atoms with van der Waals surface area (Å²) < 4.78 is 5.10. The molecule has 16 heavy (non-hydrogen) atoms. The Bertz CT molecular complexity index is 497. The molecule has 0 spiro atoms. The van der Waals surface area contributed by atoms with E-state index in [-0.39, 0.29) is 5.78 Å². The van der Waals surface area contributed by atoms with Gasteiger partial charge in [-0.05, 0) is 42.8 Å². The van der Waals surface area contributed by atoms with Crippen LogP contribution in [0.1, 0.15) is 17.3 Å². The standard InChI is InChI=1S/C13H12O2S/c1-9(14)11-7-13(16-8-11)10-3-5-12(15-2)6-4-10/h3-8H,1-2H3. The van der Waals surface area contributed by atoms with Crippen LogP contribution in [0.3, 0.4) is 0 Å².